The average Bonchev–Trinajstić information content (AvgIpc) is 3.24. The van der Waals surface area contributed by atoms with Crippen LogP contribution in [0.3, 0.4) is 0 Å². The Balaban J connectivity index is 1.31. The third-order valence-corrected chi connectivity index (χ3v) is 8.47. The number of piperidine rings is 1. The fraction of sp³-hybridized carbons (Fsp3) is 0.382. The van der Waals surface area contributed by atoms with Crippen molar-refractivity contribution in [2.75, 3.05) is 38.3 Å². The number of amides is 3. The Morgan fingerprint density at radius 2 is 1.44 bits per heavy atom. The average molecular weight is 553 g/mol. The zero-order valence-electron chi connectivity index (χ0n) is 24.5. The van der Waals surface area contributed by atoms with Gasteiger partial charge in [0.25, 0.3) is 11.8 Å². The summed E-state index contributed by atoms with van der Waals surface area (Å²) in [7, 11) is 1.78. The van der Waals surface area contributed by atoms with Gasteiger partial charge in [0.2, 0.25) is 5.91 Å². The summed E-state index contributed by atoms with van der Waals surface area (Å²) < 4.78 is 0. The van der Waals surface area contributed by atoms with Crippen molar-refractivity contribution in [2.24, 2.45) is 0 Å². The molecule has 1 spiro atoms. The molecular weight excluding hydrogens is 512 g/mol. The summed E-state index contributed by atoms with van der Waals surface area (Å²) in [6.07, 6.45) is 1.02. The third kappa shape index (κ3) is 5.85. The summed E-state index contributed by atoms with van der Waals surface area (Å²) in [4.78, 5) is 48.0. The summed E-state index contributed by atoms with van der Waals surface area (Å²) >= 11 is 0. The van der Waals surface area contributed by atoms with Crippen molar-refractivity contribution in [1.82, 2.24) is 14.7 Å². The van der Waals surface area contributed by atoms with Crippen molar-refractivity contribution >= 4 is 23.4 Å². The van der Waals surface area contributed by atoms with Crippen molar-refractivity contribution in [1.29, 1.82) is 0 Å². The number of carbonyl (C=O) groups excluding carboxylic acids is 3. The standard InChI is InChI=1S/C34H40N4O3/c1-33(2,3)28-17-15-27(16-18-28)31(40)36-21-19-34(20-22-36)32(41)37(25-38(34)29-13-9-6-10-14-29)24-30(39)35(4)23-26-11-7-5-8-12-26/h5-18H,19-25H2,1-4H3. The van der Waals surface area contributed by atoms with Gasteiger partial charge in [-0.2, -0.15) is 0 Å². The van der Waals surface area contributed by atoms with Crippen LogP contribution in [-0.4, -0.2) is 71.3 Å². The summed E-state index contributed by atoms with van der Waals surface area (Å²) in [5.74, 6) is -0.144. The number of para-hydroxylation sites is 1. The van der Waals surface area contributed by atoms with E-state index in [1.54, 1.807) is 16.8 Å². The van der Waals surface area contributed by atoms with Crippen LogP contribution >= 0.6 is 0 Å². The van der Waals surface area contributed by atoms with E-state index in [4.69, 9.17) is 0 Å². The predicted octanol–water partition coefficient (Wildman–Crippen LogP) is 4.92. The van der Waals surface area contributed by atoms with E-state index in [-0.39, 0.29) is 29.7 Å². The second-order valence-electron chi connectivity index (χ2n) is 12.3. The van der Waals surface area contributed by atoms with Crippen LogP contribution in [0.4, 0.5) is 5.69 Å². The van der Waals surface area contributed by atoms with E-state index in [2.05, 4.69) is 25.7 Å². The molecule has 3 amide bonds. The number of likely N-dealkylation sites (N-methyl/N-ethyl adjacent to an activating group) is 1. The fourth-order valence-electron chi connectivity index (χ4n) is 5.93. The van der Waals surface area contributed by atoms with Crippen LogP contribution in [-0.2, 0) is 21.5 Å². The lowest BCUT2D eigenvalue weighted by Crippen LogP contribution is -2.57. The molecule has 3 aromatic rings. The van der Waals surface area contributed by atoms with Crippen LogP contribution < -0.4 is 4.90 Å². The molecule has 0 saturated carbocycles. The molecule has 0 N–H and O–H groups in total. The highest BCUT2D eigenvalue weighted by Crippen LogP contribution is 2.39. The van der Waals surface area contributed by atoms with E-state index in [0.717, 1.165) is 11.3 Å². The van der Waals surface area contributed by atoms with Gasteiger partial charge in [-0.25, -0.2) is 0 Å². The largest absolute Gasteiger partial charge is 0.340 e. The molecule has 2 heterocycles. The topological polar surface area (TPSA) is 64.2 Å². The smallest absolute Gasteiger partial charge is 0.253 e. The van der Waals surface area contributed by atoms with Crippen molar-refractivity contribution in [2.45, 2.75) is 51.1 Å². The van der Waals surface area contributed by atoms with E-state index in [1.165, 1.54) is 5.56 Å². The first-order valence-corrected chi connectivity index (χ1v) is 14.4. The zero-order chi connectivity index (χ0) is 29.2. The normalized spacial score (nSPS) is 16.8. The van der Waals surface area contributed by atoms with Gasteiger partial charge in [-0.15, -0.1) is 0 Å². The summed E-state index contributed by atoms with van der Waals surface area (Å²) in [6, 6.07) is 27.6. The highest BCUT2D eigenvalue weighted by Gasteiger charge is 2.54. The molecule has 2 saturated heterocycles. The first-order chi connectivity index (χ1) is 19.6. The summed E-state index contributed by atoms with van der Waals surface area (Å²) in [6.45, 7) is 8.28. The lowest BCUT2D eigenvalue weighted by Gasteiger charge is -2.43. The highest BCUT2D eigenvalue weighted by molar-refractivity contribution is 5.97. The molecule has 41 heavy (non-hydrogen) atoms. The Kier molecular flexibility index (Phi) is 7.89. The summed E-state index contributed by atoms with van der Waals surface area (Å²) in [5.41, 5.74) is 3.08. The molecule has 0 atom stereocenters. The molecular formula is C34H40N4O3. The molecule has 7 heteroatoms. The third-order valence-electron chi connectivity index (χ3n) is 8.47. The quantitative estimate of drug-likeness (QED) is 0.435. The second-order valence-corrected chi connectivity index (χ2v) is 12.3. The lowest BCUT2D eigenvalue weighted by molar-refractivity contribution is -0.140. The van der Waals surface area contributed by atoms with Crippen molar-refractivity contribution in [3.8, 4) is 0 Å². The van der Waals surface area contributed by atoms with Gasteiger partial charge < -0.3 is 19.6 Å². The van der Waals surface area contributed by atoms with Crippen LogP contribution in [0.25, 0.3) is 0 Å². The SMILES string of the molecule is CN(Cc1ccccc1)C(=O)CN1CN(c2ccccc2)C2(CCN(C(=O)c3ccc(C(C)(C)C)cc3)CC2)C1=O. The van der Waals surface area contributed by atoms with Gasteiger partial charge in [-0.05, 0) is 53.6 Å². The minimum Gasteiger partial charge on any atom is -0.340 e. The van der Waals surface area contributed by atoms with Crippen molar-refractivity contribution in [3.63, 3.8) is 0 Å². The molecule has 2 aliphatic heterocycles. The van der Waals surface area contributed by atoms with E-state index in [0.29, 0.717) is 44.7 Å². The number of carbonyl (C=O) groups is 3. The Morgan fingerprint density at radius 3 is 2.02 bits per heavy atom. The van der Waals surface area contributed by atoms with Gasteiger partial charge in [0, 0.05) is 37.9 Å². The Bertz CT molecular complexity index is 1370. The number of hydrogen-bond acceptors (Lipinski definition) is 4. The fourth-order valence-corrected chi connectivity index (χ4v) is 5.93. The highest BCUT2D eigenvalue weighted by atomic mass is 16.2. The minimum absolute atomic E-state index is 0.00779. The number of nitrogens with zero attached hydrogens (tertiary/aromatic N) is 4. The van der Waals surface area contributed by atoms with Crippen LogP contribution in [0.2, 0.25) is 0 Å². The molecule has 3 aromatic carbocycles. The lowest BCUT2D eigenvalue weighted by atomic mass is 9.84. The van der Waals surface area contributed by atoms with Gasteiger partial charge in [0.1, 0.15) is 12.1 Å². The molecule has 0 bridgehead atoms. The van der Waals surface area contributed by atoms with Crippen molar-refractivity contribution in [3.05, 3.63) is 102 Å². The van der Waals surface area contributed by atoms with Crippen molar-refractivity contribution < 1.29 is 14.4 Å². The molecule has 0 unspecified atom stereocenters. The number of hydrogen-bond donors (Lipinski definition) is 0. The van der Waals surface area contributed by atoms with Gasteiger partial charge >= 0.3 is 0 Å². The second kappa shape index (κ2) is 11.4. The molecule has 0 aromatic heterocycles. The maximum atomic E-state index is 14.1. The van der Waals surface area contributed by atoms with Crippen LogP contribution in [0, 0.1) is 0 Å². The van der Waals surface area contributed by atoms with Gasteiger partial charge in [0.15, 0.2) is 0 Å². The molecule has 5 rings (SSSR count). The van der Waals surface area contributed by atoms with Crippen LogP contribution in [0.15, 0.2) is 84.9 Å². The molecule has 7 nitrogen and oxygen atoms in total. The molecule has 2 aliphatic rings. The Labute approximate surface area is 243 Å². The zero-order valence-corrected chi connectivity index (χ0v) is 24.5. The number of anilines is 1. The van der Waals surface area contributed by atoms with E-state index in [9.17, 15) is 14.4 Å². The molecule has 214 valence electrons. The van der Waals surface area contributed by atoms with Crippen LogP contribution in [0.5, 0.6) is 0 Å². The van der Waals surface area contributed by atoms with Gasteiger partial charge in [0.05, 0.1) is 6.67 Å². The summed E-state index contributed by atoms with van der Waals surface area (Å²) in [5, 5.41) is 0. The van der Waals surface area contributed by atoms with Gasteiger partial charge in [-0.3, -0.25) is 14.4 Å². The predicted molar refractivity (Wildman–Crippen MR) is 161 cm³/mol. The molecule has 0 radical (unpaired) electrons. The Hall–Kier alpha value is -4.13. The number of likely N-dealkylation sites (tertiary alicyclic amines) is 1. The van der Waals surface area contributed by atoms with E-state index >= 15 is 0 Å². The van der Waals surface area contributed by atoms with Gasteiger partial charge in [-0.1, -0.05) is 81.4 Å². The number of benzene rings is 3. The monoisotopic (exact) mass is 552 g/mol. The van der Waals surface area contributed by atoms with E-state index in [1.807, 2.05) is 89.8 Å². The molecule has 0 aliphatic carbocycles. The van der Waals surface area contributed by atoms with E-state index < -0.39 is 5.54 Å². The molecule has 2 fully saturated rings. The Morgan fingerprint density at radius 1 is 0.854 bits per heavy atom. The van der Waals surface area contributed by atoms with Crippen LogP contribution in [0.1, 0.15) is 55.1 Å². The first-order valence-electron chi connectivity index (χ1n) is 14.4. The first kappa shape index (κ1) is 28.4. The maximum absolute atomic E-state index is 14.1. The minimum atomic E-state index is -0.785. The number of rotatable bonds is 6. The maximum Gasteiger partial charge on any atom is 0.253 e.